The molecule has 0 bridgehead atoms. The molecule has 2 fully saturated rings. The Morgan fingerprint density at radius 2 is 1.56 bits per heavy atom. The van der Waals surface area contributed by atoms with Gasteiger partial charge >= 0.3 is 18.1 Å². The van der Waals surface area contributed by atoms with E-state index in [2.05, 4.69) is 29.1 Å². The molecule has 0 aromatic heterocycles. The number of cyclic esters (lactones) is 1. The van der Waals surface area contributed by atoms with Crippen molar-refractivity contribution in [3.8, 4) is 17.6 Å². The third-order valence-corrected chi connectivity index (χ3v) is 11.6. The molecule has 6 atom stereocenters. The number of nitro benzene ring substituents is 1. The van der Waals surface area contributed by atoms with Crippen molar-refractivity contribution in [1.82, 2.24) is 15.5 Å². The molecule has 16 nitrogen and oxygen atoms in total. The Hall–Kier alpha value is -8.29. The van der Waals surface area contributed by atoms with Gasteiger partial charge < -0.3 is 30.9 Å². The number of morpholine rings is 1. The highest BCUT2D eigenvalue weighted by atomic mass is 16.6. The number of urea groups is 1. The van der Waals surface area contributed by atoms with Crippen LogP contribution in [0.25, 0.3) is 0 Å². The predicted molar refractivity (Wildman–Crippen MR) is 231 cm³/mol. The number of hydrogen-bond donors (Lipinski definition) is 4. The van der Waals surface area contributed by atoms with E-state index in [1.54, 1.807) is 24.3 Å². The van der Waals surface area contributed by atoms with E-state index in [0.29, 0.717) is 27.8 Å². The number of anilines is 1. The standard InChI is InChI=1S/C48H40N6O10/c1-2-25-50-43(56)38-40-44(57)64-41(32-13-7-4-8-14-32)39(31-11-5-3-6-12-31)53(40)42(33-18-22-35(55)23-19-33)48(38)36-27-29(10-9-26-51-46(49)59)17-24-37(36)52(45(48)58)47(60)63-28-30-15-20-34(21-16-30)54(61)62/h2-8,11-24,27,38-42,55H,1,25-26,28H2,(H,50,56)(H3,49,51,59)/t38-,39-,40-,41+,42+,48-/m0/s1. The first-order valence-corrected chi connectivity index (χ1v) is 20.1. The summed E-state index contributed by atoms with van der Waals surface area (Å²) in [5.41, 5.74) is 5.58. The van der Waals surface area contributed by atoms with Crippen molar-refractivity contribution in [1.29, 1.82) is 0 Å². The molecular weight excluding hydrogens is 821 g/mol. The number of fused-ring (bicyclic) bond motifs is 3. The van der Waals surface area contributed by atoms with E-state index in [1.807, 2.05) is 65.6 Å². The number of nitrogens with one attached hydrogen (secondary N) is 2. The number of nitro groups is 1. The van der Waals surface area contributed by atoms with Crippen molar-refractivity contribution < 1.29 is 43.5 Å². The Morgan fingerprint density at radius 1 is 0.891 bits per heavy atom. The number of carbonyl (C=O) groups is 5. The Bertz CT molecular complexity index is 2720. The summed E-state index contributed by atoms with van der Waals surface area (Å²) in [5.74, 6) is 1.67. The first-order valence-electron chi connectivity index (χ1n) is 20.1. The molecule has 16 heteroatoms. The number of non-ortho nitro benzene ring substituents is 1. The van der Waals surface area contributed by atoms with E-state index >= 15 is 14.4 Å². The van der Waals surface area contributed by atoms with E-state index in [0.717, 1.165) is 4.90 Å². The van der Waals surface area contributed by atoms with Crippen LogP contribution in [0.2, 0.25) is 0 Å². The number of hydrogen-bond acceptors (Lipinski definition) is 11. The van der Waals surface area contributed by atoms with Gasteiger partial charge in [-0.25, -0.2) is 14.5 Å². The maximum Gasteiger partial charge on any atom is 0.421 e. The van der Waals surface area contributed by atoms with Gasteiger partial charge in [-0.15, -0.1) is 6.58 Å². The highest BCUT2D eigenvalue weighted by Crippen LogP contribution is 2.66. The number of nitrogens with two attached hydrogens (primary N) is 1. The Labute approximate surface area is 366 Å². The molecule has 0 saturated carbocycles. The van der Waals surface area contributed by atoms with Crippen molar-refractivity contribution in [2.75, 3.05) is 18.0 Å². The van der Waals surface area contributed by atoms with Crippen LogP contribution in [-0.4, -0.2) is 64.0 Å². The van der Waals surface area contributed by atoms with Crippen LogP contribution < -0.4 is 21.3 Å². The maximum absolute atomic E-state index is 16.1. The molecule has 5 aromatic rings. The number of imide groups is 1. The average Bonchev–Trinajstić information content (AvgIpc) is 3.76. The minimum Gasteiger partial charge on any atom is -0.508 e. The summed E-state index contributed by atoms with van der Waals surface area (Å²) < 4.78 is 12.2. The van der Waals surface area contributed by atoms with Crippen LogP contribution in [0.15, 0.2) is 140 Å². The third kappa shape index (κ3) is 7.54. The van der Waals surface area contributed by atoms with Gasteiger partial charge in [-0.05, 0) is 70.3 Å². The fraction of sp³-hybridized carbons (Fsp3) is 0.188. The van der Waals surface area contributed by atoms with Crippen LogP contribution in [0.1, 0.15) is 51.6 Å². The Kier molecular flexibility index (Phi) is 11.7. The van der Waals surface area contributed by atoms with Gasteiger partial charge in [-0.2, -0.15) is 0 Å². The first-order chi connectivity index (χ1) is 30.9. The Morgan fingerprint density at radius 3 is 2.20 bits per heavy atom. The van der Waals surface area contributed by atoms with Crippen LogP contribution >= 0.6 is 0 Å². The summed E-state index contributed by atoms with van der Waals surface area (Å²) in [7, 11) is 0. The van der Waals surface area contributed by atoms with Gasteiger partial charge in [-0.3, -0.25) is 29.4 Å². The van der Waals surface area contributed by atoms with Crippen LogP contribution in [0, 0.1) is 27.9 Å². The van der Waals surface area contributed by atoms with Gasteiger partial charge in [0.1, 0.15) is 29.9 Å². The van der Waals surface area contributed by atoms with Gasteiger partial charge in [0.15, 0.2) is 0 Å². The summed E-state index contributed by atoms with van der Waals surface area (Å²) in [4.78, 5) is 85.6. The van der Waals surface area contributed by atoms with E-state index < -0.39 is 70.4 Å². The molecule has 1 spiro atoms. The van der Waals surface area contributed by atoms with Crippen LogP contribution in [-0.2, 0) is 35.9 Å². The van der Waals surface area contributed by atoms with Crippen molar-refractivity contribution in [2.45, 2.75) is 36.3 Å². The van der Waals surface area contributed by atoms with Gasteiger partial charge in [-0.1, -0.05) is 90.7 Å². The number of esters is 1. The molecule has 64 heavy (non-hydrogen) atoms. The number of benzene rings is 5. The van der Waals surface area contributed by atoms with E-state index in [4.69, 9.17) is 15.2 Å². The second kappa shape index (κ2) is 17.6. The van der Waals surface area contributed by atoms with Crippen molar-refractivity contribution in [2.24, 2.45) is 11.7 Å². The van der Waals surface area contributed by atoms with E-state index in [9.17, 15) is 24.8 Å². The molecule has 2 saturated heterocycles. The smallest absolute Gasteiger partial charge is 0.421 e. The number of aromatic hydroxyl groups is 1. The van der Waals surface area contributed by atoms with E-state index in [1.165, 1.54) is 48.5 Å². The summed E-state index contributed by atoms with van der Waals surface area (Å²) in [6.07, 6.45) is -0.644. The molecule has 8 rings (SSSR count). The lowest BCUT2D eigenvalue weighted by Gasteiger charge is -2.46. The first kappa shape index (κ1) is 42.4. The molecule has 0 unspecified atom stereocenters. The second-order valence-electron chi connectivity index (χ2n) is 15.3. The predicted octanol–water partition coefficient (Wildman–Crippen LogP) is 5.62. The zero-order valence-corrected chi connectivity index (χ0v) is 34.0. The quantitative estimate of drug-likeness (QED) is 0.0443. The number of ether oxygens (including phenoxy) is 2. The summed E-state index contributed by atoms with van der Waals surface area (Å²) >= 11 is 0. The average molecular weight is 861 g/mol. The van der Waals surface area contributed by atoms with E-state index in [-0.39, 0.29) is 42.4 Å². The van der Waals surface area contributed by atoms with Gasteiger partial charge in [0, 0.05) is 24.2 Å². The number of carbonyl (C=O) groups excluding carboxylic acids is 5. The van der Waals surface area contributed by atoms with Crippen molar-refractivity contribution in [3.63, 3.8) is 0 Å². The third-order valence-electron chi connectivity index (χ3n) is 11.6. The normalized spacial score (nSPS) is 22.0. The molecule has 0 aliphatic carbocycles. The largest absolute Gasteiger partial charge is 0.508 e. The lowest BCUT2D eigenvalue weighted by atomic mass is 9.65. The fourth-order valence-electron chi connectivity index (χ4n) is 9.11. The molecule has 3 aliphatic heterocycles. The van der Waals surface area contributed by atoms with Crippen LogP contribution in [0.4, 0.5) is 21.0 Å². The lowest BCUT2D eigenvalue weighted by Crippen LogP contribution is -2.55. The van der Waals surface area contributed by atoms with Gasteiger partial charge in [0.25, 0.3) is 5.69 Å². The number of nitrogens with zero attached hydrogens (tertiary/aromatic N) is 3. The Balaban J connectivity index is 1.39. The number of phenols is 1. The number of phenolic OH excluding ortho intramolecular Hbond substituents is 1. The maximum atomic E-state index is 16.1. The SMILES string of the molecule is C=CCNC(=O)[C@@H]1[C@H]2C(=O)O[C@H](c3ccccc3)[C@H](c3ccccc3)N2[C@H](c2ccc(O)cc2)[C@@]12C(=O)N(C(=O)OCc1ccc([N+](=O)[O-])cc1)c1ccc(C#CCNC(N)=O)cc12. The topological polar surface area (TPSA) is 224 Å². The lowest BCUT2D eigenvalue weighted by molar-refractivity contribution is -0.384. The fourth-order valence-corrected chi connectivity index (χ4v) is 9.11. The number of primary amides is 1. The summed E-state index contributed by atoms with van der Waals surface area (Å²) in [5, 5.41) is 27.1. The molecule has 322 valence electrons. The van der Waals surface area contributed by atoms with Gasteiger partial charge in [0.05, 0.1) is 35.2 Å². The van der Waals surface area contributed by atoms with Gasteiger partial charge in [0.2, 0.25) is 11.8 Å². The van der Waals surface area contributed by atoms with Crippen molar-refractivity contribution in [3.05, 3.63) is 184 Å². The minimum atomic E-state index is -2.13. The molecule has 3 aliphatic rings. The summed E-state index contributed by atoms with van der Waals surface area (Å²) in [6, 6.07) is 30.0. The molecule has 5 N–H and O–H groups in total. The molecule has 3 heterocycles. The molecule has 5 aromatic carbocycles. The monoisotopic (exact) mass is 860 g/mol. The second-order valence-corrected chi connectivity index (χ2v) is 15.3. The highest BCUT2D eigenvalue weighted by molar-refractivity contribution is 6.23. The zero-order valence-electron chi connectivity index (χ0n) is 34.0. The van der Waals surface area contributed by atoms with Crippen molar-refractivity contribution >= 4 is 41.3 Å². The molecular formula is C48H40N6O10. The number of rotatable bonds is 10. The molecule has 5 amide bonds. The summed E-state index contributed by atoms with van der Waals surface area (Å²) in [6.45, 7) is 3.19. The van der Waals surface area contributed by atoms with Crippen LogP contribution in [0.3, 0.4) is 0 Å². The highest BCUT2D eigenvalue weighted by Gasteiger charge is 2.75. The number of amides is 5. The minimum absolute atomic E-state index is 0.0360. The van der Waals surface area contributed by atoms with Crippen LogP contribution in [0.5, 0.6) is 5.75 Å². The molecule has 0 radical (unpaired) electrons. The zero-order chi connectivity index (χ0) is 45.1.